The van der Waals surface area contributed by atoms with Crippen LogP contribution in [0.3, 0.4) is 0 Å². The van der Waals surface area contributed by atoms with Gasteiger partial charge in [-0.05, 0) is 84.9 Å². The highest BCUT2D eigenvalue weighted by Gasteiger charge is 2.31. The number of nitrogens with one attached hydrogen (secondary N) is 1. The largest absolute Gasteiger partial charge is 0.505 e. The van der Waals surface area contributed by atoms with Crippen LogP contribution in [0.4, 0.5) is 56.9 Å². The number of nitro groups is 1. The second-order valence-corrected chi connectivity index (χ2v) is 25.3. The van der Waals surface area contributed by atoms with Crippen LogP contribution in [0.2, 0.25) is 0 Å². The van der Waals surface area contributed by atoms with Crippen molar-refractivity contribution >= 4 is 159 Å². The van der Waals surface area contributed by atoms with Crippen LogP contribution in [0.15, 0.2) is 171 Å². The van der Waals surface area contributed by atoms with Gasteiger partial charge in [0.15, 0.2) is 28.6 Å². The lowest BCUT2D eigenvalue weighted by Gasteiger charge is -2.15. The Bertz CT molecular complexity index is 5100. The lowest BCUT2D eigenvalue weighted by Crippen LogP contribution is -2.14. The number of aromatic amines is 1. The molecule has 0 radical (unpaired) electrons. The summed E-state index contributed by atoms with van der Waals surface area (Å²) < 4.78 is 186. The monoisotopic (exact) mass is 1370 g/mol. The number of anilines is 1. The molecular weight excluding hydrogens is 1340 g/mol. The number of fused-ring (bicyclic) bond motifs is 2. The Morgan fingerprint density at radius 2 is 1.15 bits per heavy atom. The van der Waals surface area contributed by atoms with Crippen molar-refractivity contribution in [3.05, 3.63) is 117 Å². The van der Waals surface area contributed by atoms with Gasteiger partial charge in [0, 0.05) is 27.1 Å². The van der Waals surface area contributed by atoms with Crippen LogP contribution in [-0.4, -0.2) is 111 Å². The van der Waals surface area contributed by atoms with Gasteiger partial charge in [0.05, 0.1) is 61.2 Å². The zero-order valence-corrected chi connectivity index (χ0v) is 48.1. The predicted octanol–water partition coefficient (Wildman–Crippen LogP) is 8.82. The SMILES string of the molecule is Nc1c(N=Nc2ccc3c(O)c(N=Nc4ccc(N=Nc5c(C(=O)O)[nH]n(-c6ccc(S(=O)(=O)O)cc6)c5=O)c(S(=O)(=O)O)c4)c(S(=O)(=O)O)cc3c2S(=O)(=O)O)cc(S(=O)(=O)O)c2cc(SOOO)c(N=Nc3ccc(SOOO)cc3[N+](=O)[O-])c(O)c12. The van der Waals surface area contributed by atoms with Crippen molar-refractivity contribution in [1.82, 2.24) is 9.78 Å². The number of carboxylic acids is 1. The number of nitrogens with zero attached hydrogens (tertiary/aromatic N) is 10. The summed E-state index contributed by atoms with van der Waals surface area (Å²) in [5, 5.41) is 97.5. The number of nitro benzene ring substituents is 1. The Hall–Kier alpha value is -9.25. The van der Waals surface area contributed by atoms with Crippen molar-refractivity contribution in [2.45, 2.75) is 34.3 Å². The van der Waals surface area contributed by atoms with E-state index in [1.54, 1.807) is 0 Å². The number of hydrogen-bond donors (Lipinski definition) is 12. The van der Waals surface area contributed by atoms with Gasteiger partial charge in [-0.3, -0.25) is 42.8 Å². The van der Waals surface area contributed by atoms with E-state index >= 15 is 0 Å². The third-order valence-electron chi connectivity index (χ3n) is 11.5. The van der Waals surface area contributed by atoms with E-state index in [1.807, 2.05) is 0 Å². The molecule has 0 bridgehead atoms. The lowest BCUT2D eigenvalue weighted by atomic mass is 10.0. The molecule has 0 fully saturated rings. The molecule has 13 N–H and O–H groups in total. The fourth-order valence-electron chi connectivity index (χ4n) is 7.78. The summed E-state index contributed by atoms with van der Waals surface area (Å²) in [6.45, 7) is 0. The lowest BCUT2D eigenvalue weighted by molar-refractivity contribution is -0.432. The van der Waals surface area contributed by atoms with E-state index in [4.69, 9.17) is 16.2 Å². The Kier molecular flexibility index (Phi) is 18.5. The van der Waals surface area contributed by atoms with Crippen molar-refractivity contribution < 1.29 is 119 Å². The minimum atomic E-state index is -5.73. The molecule has 47 heteroatoms. The van der Waals surface area contributed by atoms with E-state index in [0.717, 1.165) is 60.7 Å². The van der Waals surface area contributed by atoms with Gasteiger partial charge in [0.1, 0.15) is 48.0 Å². The summed E-state index contributed by atoms with van der Waals surface area (Å²) in [6, 6.07) is 11.9. The molecule has 40 nitrogen and oxygen atoms in total. The molecule has 466 valence electrons. The second kappa shape index (κ2) is 25.1. The number of aromatic carboxylic acids is 1. The minimum absolute atomic E-state index is 0.0163. The Labute approximate surface area is 500 Å². The minimum Gasteiger partial charge on any atom is -0.505 e. The third-order valence-corrected chi connectivity index (χ3v) is 17.1. The summed E-state index contributed by atoms with van der Waals surface area (Å²) in [4.78, 5) is 30.0. The van der Waals surface area contributed by atoms with Gasteiger partial charge < -0.3 is 21.1 Å². The number of aromatic nitrogens is 2. The van der Waals surface area contributed by atoms with Crippen LogP contribution in [0, 0.1) is 10.1 Å². The molecule has 8 aromatic rings. The smallest absolute Gasteiger partial charge is 0.356 e. The van der Waals surface area contributed by atoms with E-state index in [0.29, 0.717) is 41.0 Å². The van der Waals surface area contributed by atoms with Crippen molar-refractivity contribution in [3.63, 3.8) is 0 Å². The maximum atomic E-state index is 13.3. The van der Waals surface area contributed by atoms with Gasteiger partial charge in [-0.1, -0.05) is 10.1 Å². The molecule has 0 aliphatic heterocycles. The normalized spacial score (nSPS) is 12.9. The number of aromatic hydroxyl groups is 2. The number of phenols is 2. The first kappa shape index (κ1) is 65.7. The van der Waals surface area contributed by atoms with E-state index < -0.39 is 192 Å². The van der Waals surface area contributed by atoms with Crippen molar-refractivity contribution in [2.75, 3.05) is 5.73 Å². The molecule has 0 aliphatic rings. The highest BCUT2D eigenvalue weighted by atomic mass is 32.2. The first-order valence-corrected chi connectivity index (χ1v) is 31.1. The van der Waals surface area contributed by atoms with Crippen LogP contribution >= 0.6 is 24.1 Å². The molecule has 0 unspecified atom stereocenters. The predicted molar refractivity (Wildman–Crippen MR) is 296 cm³/mol. The quantitative estimate of drug-likeness (QED) is 0.00573. The first-order chi connectivity index (χ1) is 41.5. The number of hydrogen-bond acceptors (Lipinski definition) is 33. The molecule has 8 rings (SSSR count). The Morgan fingerprint density at radius 1 is 0.573 bits per heavy atom. The zero-order chi connectivity index (χ0) is 65.5. The molecule has 0 spiro atoms. The number of azo groups is 4. The second-order valence-electron chi connectivity index (χ2n) is 16.8. The molecule has 7 aromatic carbocycles. The molecule has 89 heavy (non-hydrogen) atoms. The van der Waals surface area contributed by atoms with E-state index in [1.165, 1.54) is 6.07 Å². The zero-order valence-electron chi connectivity index (χ0n) is 42.4. The van der Waals surface area contributed by atoms with Gasteiger partial charge in [0.2, 0.25) is 0 Å². The highest BCUT2D eigenvalue weighted by molar-refractivity contribution is 7.95. The Balaban J connectivity index is 1.21. The van der Waals surface area contributed by atoms with Gasteiger partial charge in [-0.15, -0.1) is 44.5 Å². The maximum Gasteiger partial charge on any atom is 0.356 e. The van der Waals surface area contributed by atoms with Crippen LogP contribution < -0.4 is 11.3 Å². The summed E-state index contributed by atoms with van der Waals surface area (Å²) in [5.41, 5.74) is -4.48. The van der Waals surface area contributed by atoms with Crippen molar-refractivity contribution in [3.8, 4) is 17.2 Å². The fraction of sp³-hybridized carbons (Fsp3) is 0. The van der Waals surface area contributed by atoms with Gasteiger partial charge in [-0.25, -0.2) is 20.0 Å². The fourth-order valence-corrected chi connectivity index (χ4v) is 11.9. The number of carbonyl (C=O) groups is 1. The third kappa shape index (κ3) is 14.0. The molecule has 0 saturated heterocycles. The number of benzene rings is 7. The summed E-state index contributed by atoms with van der Waals surface area (Å²) >= 11 is 0.339. The van der Waals surface area contributed by atoms with Crippen LogP contribution in [0.5, 0.6) is 11.5 Å². The van der Waals surface area contributed by atoms with E-state index in [9.17, 15) is 99.9 Å². The number of carboxylic acid groups (broad SMARTS) is 1. The van der Waals surface area contributed by atoms with Crippen LogP contribution in [0.1, 0.15) is 10.5 Å². The average Bonchev–Trinajstić information content (AvgIpc) is 1.38. The van der Waals surface area contributed by atoms with Crippen LogP contribution in [0.25, 0.3) is 27.2 Å². The Morgan fingerprint density at radius 3 is 1.74 bits per heavy atom. The molecule has 0 atom stereocenters. The molecular formula is C42H28N12O28S7. The van der Waals surface area contributed by atoms with Crippen molar-refractivity contribution in [2.24, 2.45) is 40.9 Å². The number of H-pyrrole nitrogens is 1. The number of nitrogens with two attached hydrogens (primary N) is 1. The average molecular weight is 1370 g/mol. The topological polar surface area (TPSA) is 633 Å². The maximum absolute atomic E-state index is 13.3. The molecule has 0 amide bonds. The molecule has 0 saturated carbocycles. The van der Waals surface area contributed by atoms with Gasteiger partial charge in [0.25, 0.3) is 61.8 Å². The highest BCUT2D eigenvalue weighted by Crippen LogP contribution is 2.51. The summed E-state index contributed by atoms with van der Waals surface area (Å²) in [5.74, 6) is -4.34. The molecule has 1 heterocycles. The van der Waals surface area contributed by atoms with Crippen molar-refractivity contribution in [1.29, 1.82) is 0 Å². The van der Waals surface area contributed by atoms with Crippen LogP contribution in [-0.2, 0) is 69.3 Å². The standard InChI is InChI=1S/C42H28N12O28S7/c43-33-26(15-29(86(67,68)69)22-13-28(84-82-80-63)34(39(56)32(22)33)49-45-23-9-4-18(83-81-79-62)12-27(23)54(60)61)48-47-25-10-7-20-21(40(25)89(76,77)78)14-31(88(73,74)75)35(38(20)55)50-44-16-1-8-24(30(11-16)87(70,71)72)46-51-36-37(42(58)59)52-53(41(36)57)17-2-5-19(6-3-17)85(64,65)66/h1-15,52,55-56,62-63H,43H2,(H,58,59)(H,64,65,66)(H,67,68,69)(H,70,71,72)(H,73,74,75)(H,76,77,78). The van der Waals surface area contributed by atoms with E-state index in [-0.39, 0.29) is 22.6 Å². The number of phenolic OH excluding ortho intramolecular Hbond substituents is 2. The molecule has 0 aliphatic carbocycles. The molecule has 1 aromatic heterocycles. The van der Waals surface area contributed by atoms with E-state index in [2.05, 4.69) is 64.8 Å². The van der Waals surface area contributed by atoms with Gasteiger partial charge in [-0.2, -0.15) is 47.2 Å². The first-order valence-electron chi connectivity index (χ1n) is 22.4. The summed E-state index contributed by atoms with van der Waals surface area (Å²) in [6.07, 6.45) is 0. The number of rotatable bonds is 22. The summed E-state index contributed by atoms with van der Waals surface area (Å²) in [7, 11) is -27.0. The van der Waals surface area contributed by atoms with Gasteiger partial charge >= 0.3 is 5.97 Å². The number of nitrogen functional groups attached to an aromatic ring is 1.